The molecule has 0 aliphatic heterocycles. The number of amides is 1. The number of hydrogen-bond acceptors (Lipinski definition) is 3. The molecule has 0 aliphatic rings. The van der Waals surface area contributed by atoms with Gasteiger partial charge < -0.3 is 5.32 Å². The van der Waals surface area contributed by atoms with Crippen LogP contribution in [0, 0.1) is 0 Å². The van der Waals surface area contributed by atoms with Gasteiger partial charge in [0.15, 0.2) is 10.8 Å². The number of rotatable bonds is 3. The van der Waals surface area contributed by atoms with E-state index < -0.39 is 0 Å². The number of carbonyl (C=O) groups excluding carboxylic acids is 1. The second-order valence-electron chi connectivity index (χ2n) is 4.07. The molecule has 21 heavy (non-hydrogen) atoms. The molecular formula is C13H12Br2N4OS. The molecule has 0 fully saturated rings. The van der Waals surface area contributed by atoms with Gasteiger partial charge in [0.25, 0.3) is 5.91 Å². The minimum atomic E-state index is -0.362. The zero-order valence-electron chi connectivity index (χ0n) is 11.1. The third kappa shape index (κ3) is 4.12. The van der Waals surface area contributed by atoms with Gasteiger partial charge in [0.2, 0.25) is 0 Å². The summed E-state index contributed by atoms with van der Waals surface area (Å²) in [5.41, 5.74) is 1.08. The molecule has 5 nitrogen and oxygen atoms in total. The molecule has 2 rings (SSSR count). The Morgan fingerprint density at radius 1 is 1.33 bits per heavy atom. The van der Waals surface area contributed by atoms with Crippen molar-refractivity contribution in [2.75, 3.05) is 5.32 Å². The first-order valence-electron chi connectivity index (χ1n) is 6.11. The standard InChI is InChI=1S/C13H12Br2N4OS/c1-2-19-7-9(15)11(18-19)12(20)17-13(21)16-10-6-4-3-5-8(10)14/h3-7H,2H2,1H3,(H2,16,17,20,21). The highest BCUT2D eigenvalue weighted by atomic mass is 79.9. The molecule has 0 unspecified atom stereocenters. The topological polar surface area (TPSA) is 59.0 Å². The molecule has 0 atom stereocenters. The van der Waals surface area contributed by atoms with Crippen molar-refractivity contribution in [2.45, 2.75) is 13.5 Å². The maximum Gasteiger partial charge on any atom is 0.279 e. The summed E-state index contributed by atoms with van der Waals surface area (Å²) in [6.07, 6.45) is 1.75. The van der Waals surface area contributed by atoms with Crippen molar-refractivity contribution in [3.8, 4) is 0 Å². The molecule has 1 aromatic heterocycles. The number of halogens is 2. The summed E-state index contributed by atoms with van der Waals surface area (Å²) in [5.74, 6) is -0.362. The van der Waals surface area contributed by atoms with E-state index in [0.717, 1.165) is 10.2 Å². The van der Waals surface area contributed by atoms with Gasteiger partial charge in [-0.1, -0.05) is 12.1 Å². The molecule has 0 bridgehead atoms. The Morgan fingerprint density at radius 3 is 2.67 bits per heavy atom. The Hall–Kier alpha value is -1.25. The SMILES string of the molecule is CCn1cc(Br)c(C(=O)NC(=S)Nc2ccccc2Br)n1. The van der Waals surface area contributed by atoms with Gasteiger partial charge in [0.1, 0.15) is 0 Å². The number of nitrogens with one attached hydrogen (secondary N) is 2. The third-order valence-electron chi connectivity index (χ3n) is 2.61. The van der Waals surface area contributed by atoms with E-state index in [1.165, 1.54) is 0 Å². The normalized spacial score (nSPS) is 10.2. The van der Waals surface area contributed by atoms with Crippen LogP contribution in [0.1, 0.15) is 17.4 Å². The van der Waals surface area contributed by atoms with Crippen LogP contribution in [-0.2, 0) is 6.54 Å². The molecule has 0 radical (unpaired) electrons. The lowest BCUT2D eigenvalue weighted by molar-refractivity contribution is 0.0971. The predicted octanol–water partition coefficient (Wildman–Crippen LogP) is 3.55. The van der Waals surface area contributed by atoms with Crippen molar-refractivity contribution in [1.29, 1.82) is 0 Å². The van der Waals surface area contributed by atoms with Crippen LogP contribution >= 0.6 is 44.1 Å². The minimum Gasteiger partial charge on any atom is -0.331 e. The molecule has 1 aromatic carbocycles. The quantitative estimate of drug-likeness (QED) is 0.729. The summed E-state index contributed by atoms with van der Waals surface area (Å²) in [4.78, 5) is 12.1. The van der Waals surface area contributed by atoms with Gasteiger partial charge in [-0.3, -0.25) is 14.8 Å². The number of thiocarbonyl (C=S) groups is 1. The lowest BCUT2D eigenvalue weighted by atomic mass is 10.3. The molecule has 8 heteroatoms. The van der Waals surface area contributed by atoms with Gasteiger partial charge in [-0.15, -0.1) is 0 Å². The lowest BCUT2D eigenvalue weighted by Gasteiger charge is -2.10. The number of carbonyl (C=O) groups is 1. The molecule has 2 N–H and O–H groups in total. The fourth-order valence-electron chi connectivity index (χ4n) is 1.59. The van der Waals surface area contributed by atoms with Crippen molar-refractivity contribution >= 4 is 60.8 Å². The van der Waals surface area contributed by atoms with E-state index >= 15 is 0 Å². The molecule has 1 heterocycles. The van der Waals surface area contributed by atoms with Crippen molar-refractivity contribution in [3.05, 3.63) is 45.1 Å². The molecule has 0 saturated heterocycles. The maximum atomic E-state index is 12.1. The van der Waals surface area contributed by atoms with Crippen molar-refractivity contribution < 1.29 is 4.79 Å². The highest BCUT2D eigenvalue weighted by Crippen LogP contribution is 2.21. The summed E-state index contributed by atoms with van der Waals surface area (Å²) in [6.45, 7) is 2.63. The Kier molecular flexibility index (Phi) is 5.49. The molecule has 0 spiro atoms. The van der Waals surface area contributed by atoms with E-state index in [1.54, 1.807) is 10.9 Å². The van der Waals surface area contributed by atoms with Crippen LogP contribution in [0.25, 0.3) is 0 Å². The van der Waals surface area contributed by atoms with Gasteiger partial charge in [-0.25, -0.2) is 0 Å². The van der Waals surface area contributed by atoms with E-state index in [-0.39, 0.29) is 11.0 Å². The monoisotopic (exact) mass is 430 g/mol. The Bertz CT molecular complexity index is 687. The molecule has 0 saturated carbocycles. The second kappa shape index (κ2) is 7.15. The minimum absolute atomic E-state index is 0.213. The van der Waals surface area contributed by atoms with E-state index in [4.69, 9.17) is 12.2 Å². The van der Waals surface area contributed by atoms with Gasteiger partial charge in [-0.05, 0) is 63.1 Å². The fraction of sp³-hybridized carbons (Fsp3) is 0.154. The first-order valence-corrected chi connectivity index (χ1v) is 8.10. The van der Waals surface area contributed by atoms with Crippen LogP contribution in [-0.4, -0.2) is 20.8 Å². The van der Waals surface area contributed by atoms with E-state index in [1.807, 2.05) is 31.2 Å². The fourth-order valence-corrected chi connectivity index (χ4v) is 2.67. The first-order chi connectivity index (χ1) is 10.0. The molecule has 2 aromatic rings. The highest BCUT2D eigenvalue weighted by molar-refractivity contribution is 9.11. The van der Waals surface area contributed by atoms with Crippen molar-refractivity contribution in [2.24, 2.45) is 0 Å². The van der Waals surface area contributed by atoms with Crippen LogP contribution < -0.4 is 10.6 Å². The number of benzene rings is 1. The Morgan fingerprint density at radius 2 is 2.05 bits per heavy atom. The van der Waals surface area contributed by atoms with E-state index in [0.29, 0.717) is 16.7 Å². The van der Waals surface area contributed by atoms with Gasteiger partial charge >= 0.3 is 0 Å². The average Bonchev–Trinajstić information content (AvgIpc) is 2.82. The predicted molar refractivity (Wildman–Crippen MR) is 93.4 cm³/mol. The maximum absolute atomic E-state index is 12.1. The van der Waals surface area contributed by atoms with Crippen molar-refractivity contribution in [1.82, 2.24) is 15.1 Å². The molecule has 1 amide bonds. The van der Waals surface area contributed by atoms with Gasteiger partial charge in [-0.2, -0.15) is 5.10 Å². The first kappa shape index (κ1) is 16.1. The van der Waals surface area contributed by atoms with Crippen molar-refractivity contribution in [3.63, 3.8) is 0 Å². The number of para-hydroxylation sites is 1. The summed E-state index contributed by atoms with van der Waals surface area (Å²) < 4.78 is 3.16. The summed E-state index contributed by atoms with van der Waals surface area (Å²) in [7, 11) is 0. The number of nitrogens with zero attached hydrogens (tertiary/aromatic N) is 2. The van der Waals surface area contributed by atoms with Gasteiger partial charge in [0, 0.05) is 17.2 Å². The Balaban J connectivity index is 2.04. The molecule has 110 valence electrons. The van der Waals surface area contributed by atoms with Crippen LogP contribution in [0.4, 0.5) is 5.69 Å². The average molecular weight is 432 g/mol. The van der Waals surface area contributed by atoms with Crippen LogP contribution in [0.5, 0.6) is 0 Å². The summed E-state index contributed by atoms with van der Waals surface area (Å²) in [5, 5.41) is 9.94. The third-order valence-corrected chi connectivity index (χ3v) is 4.08. The number of hydrogen-bond donors (Lipinski definition) is 2. The van der Waals surface area contributed by atoms with E-state index in [9.17, 15) is 4.79 Å². The number of aromatic nitrogens is 2. The van der Waals surface area contributed by atoms with Crippen LogP contribution in [0.15, 0.2) is 39.4 Å². The summed E-state index contributed by atoms with van der Waals surface area (Å²) >= 11 is 11.9. The molecular weight excluding hydrogens is 420 g/mol. The molecule has 0 aliphatic carbocycles. The zero-order chi connectivity index (χ0) is 15.4. The highest BCUT2D eigenvalue weighted by Gasteiger charge is 2.16. The number of aryl methyl sites for hydroxylation is 1. The van der Waals surface area contributed by atoms with Crippen LogP contribution in [0.2, 0.25) is 0 Å². The second-order valence-corrected chi connectivity index (χ2v) is 6.19. The van der Waals surface area contributed by atoms with Gasteiger partial charge in [0.05, 0.1) is 10.2 Å². The number of anilines is 1. The van der Waals surface area contributed by atoms with E-state index in [2.05, 4.69) is 47.6 Å². The lowest BCUT2D eigenvalue weighted by Crippen LogP contribution is -2.34. The Labute approximate surface area is 144 Å². The summed E-state index contributed by atoms with van der Waals surface area (Å²) in [6, 6.07) is 7.50. The smallest absolute Gasteiger partial charge is 0.279 e. The largest absolute Gasteiger partial charge is 0.331 e. The zero-order valence-corrected chi connectivity index (χ0v) is 15.0. The van der Waals surface area contributed by atoms with Crippen LogP contribution in [0.3, 0.4) is 0 Å².